The average molecular weight is 243 g/mol. The highest BCUT2D eigenvalue weighted by atomic mass is 16.4. The van der Waals surface area contributed by atoms with Crippen LogP contribution in [0.5, 0.6) is 0 Å². The molecule has 1 rings (SSSR count). The lowest BCUT2D eigenvalue weighted by Gasteiger charge is -2.34. The molecule has 0 aromatic heterocycles. The van der Waals surface area contributed by atoms with Gasteiger partial charge in [0.2, 0.25) is 5.91 Å². The van der Waals surface area contributed by atoms with Crippen LogP contribution >= 0.6 is 0 Å². The van der Waals surface area contributed by atoms with Crippen LogP contribution in [0.1, 0.15) is 26.7 Å². The predicted octanol–water partition coefficient (Wildman–Crippen LogP) is -0.0117. The molecule has 1 fully saturated rings. The second-order valence-corrected chi connectivity index (χ2v) is 4.65. The fourth-order valence-electron chi connectivity index (χ4n) is 2.09. The van der Waals surface area contributed by atoms with E-state index in [0.717, 1.165) is 12.8 Å². The largest absolute Gasteiger partial charge is 0.409 e. The standard InChI is InChI=1S/C11H21N3O3/c1-7(10(12)13-17)11(16)14-5-3-9(4-6-14)8(2)15/h7-9,15,17H,3-6H2,1-2H3,(H2,12,13). The topological polar surface area (TPSA) is 99.2 Å². The van der Waals surface area contributed by atoms with Gasteiger partial charge in [-0.05, 0) is 32.6 Å². The summed E-state index contributed by atoms with van der Waals surface area (Å²) < 4.78 is 0. The number of hydrogen-bond acceptors (Lipinski definition) is 4. The molecule has 6 heteroatoms. The van der Waals surface area contributed by atoms with Crippen molar-refractivity contribution in [2.45, 2.75) is 32.8 Å². The maximum absolute atomic E-state index is 12.0. The third-order valence-corrected chi connectivity index (χ3v) is 3.46. The molecule has 0 aliphatic carbocycles. The molecule has 0 aromatic carbocycles. The van der Waals surface area contributed by atoms with Crippen LogP contribution in [0, 0.1) is 11.8 Å². The lowest BCUT2D eigenvalue weighted by Crippen LogP contribution is -2.45. The number of aliphatic hydroxyl groups is 1. The van der Waals surface area contributed by atoms with Gasteiger partial charge in [0.15, 0.2) is 5.84 Å². The first-order valence-corrected chi connectivity index (χ1v) is 5.91. The van der Waals surface area contributed by atoms with E-state index in [1.165, 1.54) is 0 Å². The number of nitrogens with two attached hydrogens (primary N) is 1. The first kappa shape index (κ1) is 13.8. The number of likely N-dealkylation sites (tertiary alicyclic amines) is 1. The fraction of sp³-hybridized carbons (Fsp3) is 0.818. The number of oxime groups is 1. The zero-order chi connectivity index (χ0) is 13.0. The van der Waals surface area contributed by atoms with Crippen molar-refractivity contribution in [3.63, 3.8) is 0 Å². The number of carbonyl (C=O) groups is 1. The molecule has 2 atom stereocenters. The average Bonchev–Trinajstić information content (AvgIpc) is 2.36. The molecular weight excluding hydrogens is 222 g/mol. The molecule has 0 bridgehead atoms. The minimum atomic E-state index is -0.594. The highest BCUT2D eigenvalue weighted by Crippen LogP contribution is 2.21. The number of amidine groups is 1. The third kappa shape index (κ3) is 3.33. The molecule has 6 nitrogen and oxygen atoms in total. The Balaban J connectivity index is 2.51. The Morgan fingerprint density at radius 2 is 1.94 bits per heavy atom. The van der Waals surface area contributed by atoms with Crippen molar-refractivity contribution in [2.24, 2.45) is 22.7 Å². The fourth-order valence-corrected chi connectivity index (χ4v) is 2.09. The maximum Gasteiger partial charge on any atom is 0.233 e. The minimum absolute atomic E-state index is 0.0624. The Labute approximate surface area is 101 Å². The zero-order valence-electron chi connectivity index (χ0n) is 10.3. The van der Waals surface area contributed by atoms with Crippen molar-refractivity contribution in [1.29, 1.82) is 0 Å². The second-order valence-electron chi connectivity index (χ2n) is 4.65. The number of aliphatic hydroxyl groups excluding tert-OH is 1. The van der Waals surface area contributed by atoms with Gasteiger partial charge >= 0.3 is 0 Å². The predicted molar refractivity (Wildman–Crippen MR) is 63.6 cm³/mol. The van der Waals surface area contributed by atoms with Crippen LogP contribution in [-0.4, -0.2) is 46.1 Å². The van der Waals surface area contributed by atoms with E-state index < -0.39 is 5.92 Å². The summed E-state index contributed by atoms with van der Waals surface area (Å²) in [5.74, 6) is -0.515. The summed E-state index contributed by atoms with van der Waals surface area (Å²) in [5.41, 5.74) is 5.41. The van der Waals surface area contributed by atoms with Gasteiger partial charge in [-0.25, -0.2) is 0 Å². The summed E-state index contributed by atoms with van der Waals surface area (Å²) in [6, 6.07) is 0. The van der Waals surface area contributed by atoms with Crippen molar-refractivity contribution in [3.05, 3.63) is 0 Å². The van der Waals surface area contributed by atoms with E-state index in [0.29, 0.717) is 13.1 Å². The van der Waals surface area contributed by atoms with Gasteiger partial charge in [-0.15, -0.1) is 0 Å². The first-order chi connectivity index (χ1) is 7.97. The summed E-state index contributed by atoms with van der Waals surface area (Å²) in [4.78, 5) is 13.7. The highest BCUT2D eigenvalue weighted by molar-refractivity contribution is 6.01. The van der Waals surface area contributed by atoms with Crippen molar-refractivity contribution in [1.82, 2.24) is 4.90 Å². The molecule has 2 unspecified atom stereocenters. The van der Waals surface area contributed by atoms with Crippen molar-refractivity contribution in [3.8, 4) is 0 Å². The SMILES string of the molecule is CC(C(=O)N1CCC(C(C)O)CC1)C(N)=NO. The maximum atomic E-state index is 12.0. The molecule has 98 valence electrons. The molecule has 1 aliphatic heterocycles. The number of nitrogens with zero attached hydrogens (tertiary/aromatic N) is 2. The number of rotatable bonds is 3. The van der Waals surface area contributed by atoms with Gasteiger partial charge in [0.1, 0.15) is 0 Å². The van der Waals surface area contributed by atoms with Gasteiger partial charge in [-0.3, -0.25) is 4.79 Å². The van der Waals surface area contributed by atoms with Crippen LogP contribution in [0.3, 0.4) is 0 Å². The monoisotopic (exact) mass is 243 g/mol. The van der Waals surface area contributed by atoms with E-state index in [2.05, 4.69) is 5.16 Å². The van der Waals surface area contributed by atoms with Gasteiger partial charge < -0.3 is 20.9 Å². The Hall–Kier alpha value is -1.30. The normalized spacial score (nSPS) is 22.3. The summed E-state index contributed by atoms with van der Waals surface area (Å²) in [6.45, 7) is 4.65. The van der Waals surface area contributed by atoms with Gasteiger partial charge in [-0.1, -0.05) is 5.16 Å². The molecule has 0 saturated carbocycles. The van der Waals surface area contributed by atoms with Gasteiger partial charge in [0, 0.05) is 13.1 Å². The van der Waals surface area contributed by atoms with Crippen LogP contribution < -0.4 is 5.73 Å². The summed E-state index contributed by atoms with van der Waals surface area (Å²) >= 11 is 0. The summed E-state index contributed by atoms with van der Waals surface area (Å²) in [6.07, 6.45) is 1.27. The molecule has 1 amide bonds. The number of amides is 1. The van der Waals surface area contributed by atoms with E-state index in [-0.39, 0.29) is 23.8 Å². The van der Waals surface area contributed by atoms with Gasteiger partial charge in [-0.2, -0.15) is 0 Å². The molecule has 4 N–H and O–H groups in total. The van der Waals surface area contributed by atoms with E-state index in [4.69, 9.17) is 10.9 Å². The molecule has 0 radical (unpaired) electrons. The molecule has 1 saturated heterocycles. The quantitative estimate of drug-likeness (QED) is 0.281. The Bertz CT molecular complexity index is 296. The van der Waals surface area contributed by atoms with Crippen LogP contribution in [0.25, 0.3) is 0 Å². The van der Waals surface area contributed by atoms with E-state index in [1.54, 1.807) is 18.7 Å². The number of piperidine rings is 1. The highest BCUT2D eigenvalue weighted by Gasteiger charge is 2.29. The molecular formula is C11H21N3O3. The Morgan fingerprint density at radius 3 is 2.35 bits per heavy atom. The molecule has 0 aromatic rings. The smallest absolute Gasteiger partial charge is 0.233 e. The third-order valence-electron chi connectivity index (χ3n) is 3.46. The van der Waals surface area contributed by atoms with E-state index in [1.807, 2.05) is 0 Å². The lowest BCUT2D eigenvalue weighted by molar-refractivity contribution is -0.134. The van der Waals surface area contributed by atoms with Crippen molar-refractivity contribution >= 4 is 11.7 Å². The van der Waals surface area contributed by atoms with Crippen molar-refractivity contribution in [2.75, 3.05) is 13.1 Å². The van der Waals surface area contributed by atoms with Crippen LogP contribution in [0.15, 0.2) is 5.16 Å². The summed E-state index contributed by atoms with van der Waals surface area (Å²) in [5, 5.41) is 20.8. The van der Waals surface area contributed by atoms with Crippen LogP contribution in [0.2, 0.25) is 0 Å². The van der Waals surface area contributed by atoms with E-state index in [9.17, 15) is 9.90 Å². The van der Waals surface area contributed by atoms with Gasteiger partial charge in [0.05, 0.1) is 12.0 Å². The summed E-state index contributed by atoms with van der Waals surface area (Å²) in [7, 11) is 0. The van der Waals surface area contributed by atoms with Gasteiger partial charge in [0.25, 0.3) is 0 Å². The second kappa shape index (κ2) is 5.86. The molecule has 1 heterocycles. The van der Waals surface area contributed by atoms with Crippen molar-refractivity contribution < 1.29 is 15.1 Å². The van der Waals surface area contributed by atoms with Crippen LogP contribution in [0.4, 0.5) is 0 Å². The number of carbonyl (C=O) groups excluding carboxylic acids is 1. The Morgan fingerprint density at radius 1 is 1.41 bits per heavy atom. The number of hydrogen-bond donors (Lipinski definition) is 3. The Kier molecular flexibility index (Phi) is 4.74. The molecule has 0 spiro atoms. The molecule has 17 heavy (non-hydrogen) atoms. The first-order valence-electron chi connectivity index (χ1n) is 5.91. The van der Waals surface area contributed by atoms with Crippen LogP contribution in [-0.2, 0) is 4.79 Å². The van der Waals surface area contributed by atoms with E-state index >= 15 is 0 Å². The lowest BCUT2D eigenvalue weighted by atomic mass is 9.91. The minimum Gasteiger partial charge on any atom is -0.409 e. The molecule has 1 aliphatic rings. The zero-order valence-corrected chi connectivity index (χ0v) is 10.3.